The van der Waals surface area contributed by atoms with Crippen LogP contribution in [0.3, 0.4) is 0 Å². The standard InChI is InChI=1S/C21H26N6O/c1-16-25-26-20(27(16)2)15-24-21(22-13-17-7-5-4-6-8-17)23-14-18-9-11-19(28-3)12-10-18/h4-12H,13-15H2,1-3H3,(H2,22,23,24). The summed E-state index contributed by atoms with van der Waals surface area (Å²) >= 11 is 0. The molecule has 2 N–H and O–H groups in total. The minimum absolute atomic E-state index is 0.542. The summed E-state index contributed by atoms with van der Waals surface area (Å²) in [6, 6.07) is 18.1. The van der Waals surface area contributed by atoms with Crippen molar-refractivity contribution < 1.29 is 4.74 Å². The zero-order chi connectivity index (χ0) is 19.8. The summed E-state index contributed by atoms with van der Waals surface area (Å²) < 4.78 is 7.17. The largest absolute Gasteiger partial charge is 0.497 e. The molecule has 7 nitrogen and oxygen atoms in total. The van der Waals surface area contributed by atoms with Crippen molar-refractivity contribution in [3.8, 4) is 5.75 Å². The fourth-order valence-corrected chi connectivity index (χ4v) is 2.62. The van der Waals surface area contributed by atoms with Gasteiger partial charge in [0.25, 0.3) is 0 Å². The molecule has 1 aromatic heterocycles. The molecule has 0 radical (unpaired) electrons. The van der Waals surface area contributed by atoms with Gasteiger partial charge in [-0.15, -0.1) is 10.2 Å². The molecule has 1 heterocycles. The van der Waals surface area contributed by atoms with Gasteiger partial charge in [-0.05, 0) is 30.2 Å². The molecule has 0 amide bonds. The quantitative estimate of drug-likeness (QED) is 0.488. The summed E-state index contributed by atoms with van der Waals surface area (Å²) in [4.78, 5) is 4.71. The first-order chi connectivity index (χ1) is 13.7. The first-order valence-corrected chi connectivity index (χ1v) is 9.19. The number of rotatable bonds is 7. The first-order valence-electron chi connectivity index (χ1n) is 9.19. The predicted octanol–water partition coefficient (Wildman–Crippen LogP) is 2.57. The molecule has 0 bridgehead atoms. The summed E-state index contributed by atoms with van der Waals surface area (Å²) in [7, 11) is 3.62. The van der Waals surface area contributed by atoms with Crippen LogP contribution in [-0.4, -0.2) is 27.8 Å². The first kappa shape index (κ1) is 19.4. The van der Waals surface area contributed by atoms with Crippen molar-refractivity contribution in [1.29, 1.82) is 0 Å². The van der Waals surface area contributed by atoms with Crippen molar-refractivity contribution >= 4 is 5.96 Å². The second-order valence-electron chi connectivity index (χ2n) is 6.43. The number of benzene rings is 2. The topological polar surface area (TPSA) is 76.4 Å². The predicted molar refractivity (Wildman–Crippen MR) is 110 cm³/mol. The molecule has 2 aromatic carbocycles. The fourth-order valence-electron chi connectivity index (χ4n) is 2.62. The van der Waals surface area contributed by atoms with Gasteiger partial charge < -0.3 is 19.9 Å². The van der Waals surface area contributed by atoms with E-state index >= 15 is 0 Å². The number of aryl methyl sites for hydroxylation is 1. The Morgan fingerprint density at radius 3 is 2.32 bits per heavy atom. The van der Waals surface area contributed by atoms with E-state index in [9.17, 15) is 0 Å². The van der Waals surface area contributed by atoms with Crippen molar-refractivity contribution in [2.24, 2.45) is 12.0 Å². The van der Waals surface area contributed by atoms with Crippen LogP contribution in [0.1, 0.15) is 22.8 Å². The zero-order valence-corrected chi connectivity index (χ0v) is 16.5. The van der Waals surface area contributed by atoms with Crippen LogP contribution in [0.4, 0.5) is 0 Å². The SMILES string of the molecule is COc1ccc(CNC(=NCc2ccccc2)NCc2nnc(C)n2C)cc1. The molecular formula is C21H26N6O. The smallest absolute Gasteiger partial charge is 0.192 e. The van der Waals surface area contributed by atoms with E-state index in [1.54, 1.807) is 7.11 Å². The highest BCUT2D eigenvalue weighted by Crippen LogP contribution is 2.11. The third kappa shape index (κ3) is 5.33. The summed E-state index contributed by atoms with van der Waals surface area (Å²) in [5, 5.41) is 15.0. The maximum atomic E-state index is 5.21. The normalized spacial score (nSPS) is 11.3. The minimum atomic E-state index is 0.542. The lowest BCUT2D eigenvalue weighted by molar-refractivity contribution is 0.414. The Bertz CT molecular complexity index is 902. The summed E-state index contributed by atoms with van der Waals surface area (Å²) in [5.41, 5.74) is 2.30. The molecule has 0 aliphatic carbocycles. The van der Waals surface area contributed by atoms with Gasteiger partial charge in [0.15, 0.2) is 11.8 Å². The zero-order valence-electron chi connectivity index (χ0n) is 16.5. The van der Waals surface area contributed by atoms with Crippen LogP contribution in [0.2, 0.25) is 0 Å². The van der Waals surface area contributed by atoms with Crippen molar-refractivity contribution in [3.63, 3.8) is 0 Å². The number of aliphatic imine (C=N–C) groups is 1. The van der Waals surface area contributed by atoms with E-state index < -0.39 is 0 Å². The third-order valence-corrected chi connectivity index (χ3v) is 4.48. The Morgan fingerprint density at radius 1 is 0.964 bits per heavy atom. The minimum Gasteiger partial charge on any atom is -0.497 e. The lowest BCUT2D eigenvalue weighted by atomic mass is 10.2. The van der Waals surface area contributed by atoms with Gasteiger partial charge in [0.05, 0.1) is 20.2 Å². The molecular weight excluding hydrogens is 352 g/mol. The molecule has 3 rings (SSSR count). The Morgan fingerprint density at radius 2 is 1.68 bits per heavy atom. The molecule has 146 valence electrons. The molecule has 0 saturated heterocycles. The van der Waals surface area contributed by atoms with E-state index in [-0.39, 0.29) is 0 Å². The lowest BCUT2D eigenvalue weighted by Gasteiger charge is -2.13. The summed E-state index contributed by atoms with van der Waals surface area (Å²) in [5.74, 6) is 3.31. The van der Waals surface area contributed by atoms with Gasteiger partial charge in [0.2, 0.25) is 0 Å². The van der Waals surface area contributed by atoms with Crippen molar-refractivity contribution in [2.75, 3.05) is 7.11 Å². The van der Waals surface area contributed by atoms with Crippen LogP contribution < -0.4 is 15.4 Å². The van der Waals surface area contributed by atoms with Gasteiger partial charge in [-0.2, -0.15) is 0 Å². The highest BCUT2D eigenvalue weighted by molar-refractivity contribution is 5.79. The highest BCUT2D eigenvalue weighted by Gasteiger charge is 2.06. The van der Waals surface area contributed by atoms with E-state index in [0.717, 1.165) is 34.5 Å². The number of aromatic nitrogens is 3. The van der Waals surface area contributed by atoms with Crippen LogP contribution in [0.5, 0.6) is 5.75 Å². The maximum Gasteiger partial charge on any atom is 0.192 e. The molecule has 0 atom stereocenters. The van der Waals surface area contributed by atoms with Crippen LogP contribution in [0.25, 0.3) is 0 Å². The van der Waals surface area contributed by atoms with Crippen molar-refractivity contribution in [2.45, 2.75) is 26.6 Å². The maximum absolute atomic E-state index is 5.21. The molecule has 0 fully saturated rings. The number of nitrogens with one attached hydrogen (secondary N) is 2. The average Bonchev–Trinajstić information content (AvgIpc) is 3.06. The molecule has 0 unspecified atom stereocenters. The number of methoxy groups -OCH3 is 1. The Labute approximate surface area is 165 Å². The molecule has 3 aromatic rings. The Hall–Kier alpha value is -3.35. The van der Waals surface area contributed by atoms with E-state index in [1.807, 2.05) is 61.0 Å². The monoisotopic (exact) mass is 378 g/mol. The molecule has 28 heavy (non-hydrogen) atoms. The lowest BCUT2D eigenvalue weighted by Crippen LogP contribution is -2.37. The van der Waals surface area contributed by atoms with Gasteiger partial charge >= 0.3 is 0 Å². The van der Waals surface area contributed by atoms with Crippen LogP contribution in [0, 0.1) is 6.92 Å². The van der Waals surface area contributed by atoms with Gasteiger partial charge in [-0.1, -0.05) is 42.5 Å². The van der Waals surface area contributed by atoms with Crippen LogP contribution in [0.15, 0.2) is 59.6 Å². The van der Waals surface area contributed by atoms with Crippen molar-refractivity contribution in [3.05, 3.63) is 77.4 Å². The third-order valence-electron chi connectivity index (χ3n) is 4.48. The van der Waals surface area contributed by atoms with Crippen molar-refractivity contribution in [1.82, 2.24) is 25.4 Å². The Balaban J connectivity index is 1.66. The van der Waals surface area contributed by atoms with E-state index in [2.05, 4.69) is 33.0 Å². The second kappa shape index (κ2) is 9.55. The average molecular weight is 378 g/mol. The molecule has 7 heteroatoms. The number of ether oxygens (including phenoxy) is 1. The van der Waals surface area contributed by atoms with Gasteiger partial charge in [0, 0.05) is 13.6 Å². The number of hydrogen-bond donors (Lipinski definition) is 2. The van der Waals surface area contributed by atoms with Gasteiger partial charge in [-0.3, -0.25) is 0 Å². The van der Waals surface area contributed by atoms with Gasteiger partial charge in [-0.25, -0.2) is 4.99 Å². The highest BCUT2D eigenvalue weighted by atomic mass is 16.5. The Kier molecular flexibility index (Phi) is 6.62. The van der Waals surface area contributed by atoms with E-state index in [4.69, 9.17) is 9.73 Å². The molecule has 0 saturated carbocycles. The number of nitrogens with zero attached hydrogens (tertiary/aromatic N) is 4. The van der Waals surface area contributed by atoms with E-state index in [1.165, 1.54) is 0 Å². The fraction of sp³-hybridized carbons (Fsp3) is 0.286. The molecule has 0 spiro atoms. The molecule has 0 aliphatic heterocycles. The number of guanidine groups is 1. The van der Waals surface area contributed by atoms with Crippen LogP contribution in [-0.2, 0) is 26.7 Å². The van der Waals surface area contributed by atoms with Gasteiger partial charge in [0.1, 0.15) is 11.6 Å². The summed E-state index contributed by atoms with van der Waals surface area (Å²) in [6.07, 6.45) is 0. The summed E-state index contributed by atoms with van der Waals surface area (Å²) in [6.45, 7) is 3.72. The second-order valence-corrected chi connectivity index (χ2v) is 6.43. The van der Waals surface area contributed by atoms with Crippen LogP contribution >= 0.6 is 0 Å². The molecule has 0 aliphatic rings. The number of hydrogen-bond acceptors (Lipinski definition) is 4. The van der Waals surface area contributed by atoms with E-state index in [0.29, 0.717) is 19.6 Å².